The number of nitrogens with zero attached hydrogens (tertiary/aromatic N) is 2. The molecule has 0 atom stereocenters. The van der Waals surface area contributed by atoms with E-state index in [4.69, 9.17) is 16.3 Å². The SMILES string of the molecule is O=c1c(-c2ccc(Cl)cc2Oc2ccccc2)c(N2CCN(Cc3ccccc3)CC2)c1=O. The fourth-order valence-corrected chi connectivity index (χ4v) is 4.47. The van der Waals surface area contributed by atoms with Crippen LogP contribution in [0.3, 0.4) is 0 Å². The van der Waals surface area contributed by atoms with Crippen molar-refractivity contribution in [3.63, 3.8) is 0 Å². The van der Waals surface area contributed by atoms with Crippen LogP contribution in [0.5, 0.6) is 11.5 Å². The van der Waals surface area contributed by atoms with Gasteiger partial charge in [0.25, 0.3) is 0 Å². The van der Waals surface area contributed by atoms with E-state index in [1.807, 2.05) is 53.4 Å². The summed E-state index contributed by atoms with van der Waals surface area (Å²) in [7, 11) is 0. The Morgan fingerprint density at radius 1 is 0.788 bits per heavy atom. The van der Waals surface area contributed by atoms with Gasteiger partial charge in [0.2, 0.25) is 10.9 Å². The number of anilines is 1. The van der Waals surface area contributed by atoms with E-state index in [1.54, 1.807) is 18.2 Å². The van der Waals surface area contributed by atoms with Crippen molar-refractivity contribution < 1.29 is 4.74 Å². The van der Waals surface area contributed by atoms with Crippen molar-refractivity contribution in [2.45, 2.75) is 6.54 Å². The molecule has 1 fully saturated rings. The molecular weight excluding hydrogens is 436 g/mol. The highest BCUT2D eigenvalue weighted by atomic mass is 35.5. The molecule has 166 valence electrons. The summed E-state index contributed by atoms with van der Waals surface area (Å²) < 4.78 is 6.04. The summed E-state index contributed by atoms with van der Waals surface area (Å²) in [5, 5.41) is 0.499. The number of hydrogen-bond acceptors (Lipinski definition) is 5. The lowest BCUT2D eigenvalue weighted by Gasteiger charge is -2.37. The lowest BCUT2D eigenvalue weighted by Crippen LogP contribution is -2.51. The van der Waals surface area contributed by atoms with Gasteiger partial charge in [0.05, 0.1) is 5.56 Å². The lowest BCUT2D eigenvalue weighted by molar-refractivity contribution is 0.249. The highest BCUT2D eigenvalue weighted by molar-refractivity contribution is 6.30. The highest BCUT2D eigenvalue weighted by Crippen LogP contribution is 2.38. The van der Waals surface area contributed by atoms with Gasteiger partial charge < -0.3 is 9.64 Å². The minimum atomic E-state index is -0.475. The van der Waals surface area contributed by atoms with Crippen LogP contribution in [0.1, 0.15) is 5.56 Å². The van der Waals surface area contributed by atoms with E-state index in [-0.39, 0.29) is 0 Å². The maximum Gasteiger partial charge on any atom is 0.250 e. The number of para-hydroxylation sites is 1. The molecule has 0 aliphatic carbocycles. The Morgan fingerprint density at radius 3 is 2.15 bits per heavy atom. The number of rotatable bonds is 6. The van der Waals surface area contributed by atoms with Crippen molar-refractivity contribution in [2.75, 3.05) is 31.1 Å². The minimum absolute atomic E-state index is 0.416. The molecule has 0 bridgehead atoms. The van der Waals surface area contributed by atoms with Crippen molar-refractivity contribution in [1.29, 1.82) is 0 Å². The number of ether oxygens (including phenoxy) is 1. The number of piperazine rings is 1. The van der Waals surface area contributed by atoms with Crippen LogP contribution in [0.15, 0.2) is 88.5 Å². The highest BCUT2D eigenvalue weighted by Gasteiger charge is 2.31. The third kappa shape index (κ3) is 4.42. The molecule has 33 heavy (non-hydrogen) atoms. The zero-order valence-electron chi connectivity index (χ0n) is 18.0. The van der Waals surface area contributed by atoms with Crippen molar-refractivity contribution in [2.24, 2.45) is 0 Å². The first-order valence-electron chi connectivity index (χ1n) is 11.0. The second kappa shape index (κ2) is 9.22. The van der Waals surface area contributed by atoms with E-state index in [0.29, 0.717) is 46.4 Å². The summed E-state index contributed by atoms with van der Waals surface area (Å²) in [4.78, 5) is 29.7. The van der Waals surface area contributed by atoms with Crippen molar-refractivity contribution in [3.8, 4) is 22.6 Å². The first kappa shape index (κ1) is 21.4. The molecule has 5 rings (SSSR count). The lowest BCUT2D eigenvalue weighted by atomic mass is 9.96. The van der Waals surface area contributed by atoms with Gasteiger partial charge in [-0.2, -0.15) is 0 Å². The van der Waals surface area contributed by atoms with Crippen LogP contribution in [0.25, 0.3) is 11.1 Å². The molecule has 4 aromatic carbocycles. The fourth-order valence-electron chi connectivity index (χ4n) is 4.31. The quantitative estimate of drug-likeness (QED) is 0.391. The Labute approximate surface area is 197 Å². The molecule has 4 aromatic rings. The molecule has 0 radical (unpaired) electrons. The topological polar surface area (TPSA) is 49.9 Å². The average molecular weight is 459 g/mol. The molecule has 0 spiro atoms. The molecule has 0 amide bonds. The van der Waals surface area contributed by atoms with E-state index in [2.05, 4.69) is 17.0 Å². The molecule has 1 aliphatic rings. The largest absolute Gasteiger partial charge is 0.457 e. The Bertz CT molecular complexity index is 1320. The van der Waals surface area contributed by atoms with Gasteiger partial charge >= 0.3 is 0 Å². The van der Waals surface area contributed by atoms with E-state index in [0.717, 1.165) is 19.6 Å². The molecule has 5 nitrogen and oxygen atoms in total. The Kier molecular flexibility index (Phi) is 5.99. The third-order valence-electron chi connectivity index (χ3n) is 6.01. The summed E-state index contributed by atoms with van der Waals surface area (Å²) in [6, 6.07) is 24.8. The molecule has 0 aromatic heterocycles. The normalized spacial score (nSPS) is 14.5. The Morgan fingerprint density at radius 2 is 1.45 bits per heavy atom. The van der Waals surface area contributed by atoms with Crippen LogP contribution in [0.2, 0.25) is 5.02 Å². The van der Waals surface area contributed by atoms with E-state index >= 15 is 0 Å². The van der Waals surface area contributed by atoms with Gasteiger partial charge in [-0.3, -0.25) is 14.5 Å². The molecule has 0 unspecified atom stereocenters. The first-order chi connectivity index (χ1) is 16.1. The summed E-state index contributed by atoms with van der Waals surface area (Å²) in [6.45, 7) is 3.89. The van der Waals surface area contributed by atoms with Gasteiger partial charge in [0.1, 0.15) is 17.2 Å². The maximum atomic E-state index is 12.7. The molecule has 0 N–H and O–H groups in total. The monoisotopic (exact) mass is 458 g/mol. The van der Waals surface area contributed by atoms with Crippen molar-refractivity contribution in [1.82, 2.24) is 4.90 Å². The van der Waals surface area contributed by atoms with E-state index in [1.165, 1.54) is 5.56 Å². The van der Waals surface area contributed by atoms with Crippen LogP contribution >= 0.6 is 11.6 Å². The predicted molar refractivity (Wildman–Crippen MR) is 132 cm³/mol. The minimum Gasteiger partial charge on any atom is -0.457 e. The predicted octanol–water partition coefficient (Wildman–Crippen LogP) is 4.72. The third-order valence-corrected chi connectivity index (χ3v) is 6.24. The number of hydrogen-bond donors (Lipinski definition) is 0. The van der Waals surface area contributed by atoms with Crippen molar-refractivity contribution >= 4 is 17.3 Å². The Balaban J connectivity index is 1.39. The molecular formula is C27H23ClN2O3. The molecule has 1 heterocycles. The standard InChI is InChI=1S/C27H23ClN2O3/c28-20-11-12-22(23(17-20)33-21-9-5-2-6-10-21)24-25(27(32)26(24)31)30-15-13-29(14-16-30)18-19-7-3-1-4-8-19/h1-12,17H,13-16,18H2. The van der Waals surface area contributed by atoms with Gasteiger partial charge in [0, 0.05) is 49.4 Å². The van der Waals surface area contributed by atoms with Crippen LogP contribution in [0.4, 0.5) is 5.69 Å². The second-order valence-corrected chi connectivity index (χ2v) is 8.62. The number of benzene rings is 3. The van der Waals surface area contributed by atoms with Crippen LogP contribution in [-0.4, -0.2) is 31.1 Å². The van der Waals surface area contributed by atoms with Crippen LogP contribution in [0, 0.1) is 0 Å². The maximum absolute atomic E-state index is 12.7. The van der Waals surface area contributed by atoms with Crippen LogP contribution in [-0.2, 0) is 6.54 Å². The van der Waals surface area contributed by atoms with Gasteiger partial charge in [-0.1, -0.05) is 60.1 Å². The summed E-state index contributed by atoms with van der Waals surface area (Å²) in [5.74, 6) is 1.10. The van der Waals surface area contributed by atoms with Crippen LogP contribution < -0.4 is 20.5 Å². The second-order valence-electron chi connectivity index (χ2n) is 8.19. The summed E-state index contributed by atoms with van der Waals surface area (Å²) >= 11 is 6.22. The van der Waals surface area contributed by atoms with Gasteiger partial charge in [-0.15, -0.1) is 0 Å². The van der Waals surface area contributed by atoms with Gasteiger partial charge in [-0.25, -0.2) is 0 Å². The molecule has 1 saturated heterocycles. The first-order valence-corrected chi connectivity index (χ1v) is 11.4. The van der Waals surface area contributed by atoms with E-state index < -0.39 is 10.9 Å². The fraction of sp³-hybridized carbons (Fsp3) is 0.185. The van der Waals surface area contributed by atoms with E-state index in [9.17, 15) is 9.59 Å². The zero-order chi connectivity index (χ0) is 22.8. The average Bonchev–Trinajstić information content (AvgIpc) is 2.85. The van der Waals surface area contributed by atoms with Crippen molar-refractivity contribution in [3.05, 3.63) is 110 Å². The Hall–Kier alpha value is -3.41. The smallest absolute Gasteiger partial charge is 0.250 e. The summed E-state index contributed by atoms with van der Waals surface area (Å²) in [5.41, 5.74) is 1.86. The zero-order valence-corrected chi connectivity index (χ0v) is 18.8. The molecule has 6 heteroatoms. The summed E-state index contributed by atoms with van der Waals surface area (Å²) in [6.07, 6.45) is 0. The van der Waals surface area contributed by atoms with Gasteiger partial charge in [-0.05, 0) is 29.8 Å². The molecule has 0 saturated carbocycles. The molecule has 1 aliphatic heterocycles. The van der Waals surface area contributed by atoms with Gasteiger partial charge in [0.15, 0.2) is 0 Å². The number of halogens is 1.